The Morgan fingerprint density at radius 2 is 2.13 bits per heavy atom. The van der Waals surface area contributed by atoms with Gasteiger partial charge in [0.25, 0.3) is 0 Å². The second-order valence-corrected chi connectivity index (χ2v) is 8.61. The standard InChI is InChI=1S/C23H32N6O/c1-4-7-17(12-18-14-24-20-9-6-5-8-19(18)20)13-21(30)22-25-23(27-26-22)29-11-10-28(3)16(2)15-29/h5-6,8-9,14,16-17,24H,4,7,10-13,15H2,1-3H3,(H,25,26,27). The summed E-state index contributed by atoms with van der Waals surface area (Å²) in [4.78, 5) is 25.3. The summed E-state index contributed by atoms with van der Waals surface area (Å²) in [6, 6.07) is 8.79. The lowest BCUT2D eigenvalue weighted by molar-refractivity contribution is 0.0949. The van der Waals surface area contributed by atoms with Gasteiger partial charge in [0.15, 0.2) is 11.6 Å². The van der Waals surface area contributed by atoms with Crippen LogP contribution in [0.4, 0.5) is 5.95 Å². The van der Waals surface area contributed by atoms with E-state index in [9.17, 15) is 4.79 Å². The first kappa shape index (κ1) is 20.6. The van der Waals surface area contributed by atoms with Crippen molar-refractivity contribution in [1.82, 2.24) is 25.1 Å². The van der Waals surface area contributed by atoms with Gasteiger partial charge in [-0.1, -0.05) is 31.5 Å². The second-order valence-electron chi connectivity index (χ2n) is 8.61. The Labute approximate surface area is 177 Å². The topological polar surface area (TPSA) is 80.9 Å². The van der Waals surface area contributed by atoms with Crippen LogP contribution < -0.4 is 4.90 Å². The maximum absolute atomic E-state index is 13.0. The molecule has 2 aromatic heterocycles. The molecule has 2 unspecified atom stereocenters. The summed E-state index contributed by atoms with van der Waals surface area (Å²) in [7, 11) is 2.14. The number of likely N-dealkylation sites (N-methyl/N-ethyl adjacent to an activating group) is 1. The van der Waals surface area contributed by atoms with Crippen LogP contribution in [0.5, 0.6) is 0 Å². The van der Waals surface area contributed by atoms with Crippen molar-refractivity contribution < 1.29 is 4.79 Å². The zero-order valence-corrected chi connectivity index (χ0v) is 18.2. The fraction of sp³-hybridized carbons (Fsp3) is 0.522. The normalized spacial score (nSPS) is 18.8. The Bertz CT molecular complexity index is 992. The molecule has 0 radical (unpaired) electrons. The Morgan fingerprint density at radius 3 is 2.93 bits per heavy atom. The second kappa shape index (κ2) is 9.00. The van der Waals surface area contributed by atoms with Crippen LogP contribution in [0.3, 0.4) is 0 Å². The molecule has 3 heterocycles. The van der Waals surface area contributed by atoms with E-state index in [2.05, 4.69) is 75.3 Å². The molecule has 1 saturated heterocycles. The predicted molar refractivity (Wildman–Crippen MR) is 120 cm³/mol. The fourth-order valence-electron chi connectivity index (χ4n) is 4.40. The van der Waals surface area contributed by atoms with E-state index in [0.717, 1.165) is 44.4 Å². The van der Waals surface area contributed by atoms with Crippen LogP contribution in [0.25, 0.3) is 10.9 Å². The molecule has 0 saturated carbocycles. The smallest absolute Gasteiger partial charge is 0.245 e. The summed E-state index contributed by atoms with van der Waals surface area (Å²) in [5, 5.41) is 8.48. The minimum Gasteiger partial charge on any atom is -0.361 e. The molecule has 3 aromatic rings. The fourth-order valence-corrected chi connectivity index (χ4v) is 4.40. The predicted octanol–water partition coefficient (Wildman–Crippen LogP) is 3.66. The van der Waals surface area contributed by atoms with Gasteiger partial charge in [0.05, 0.1) is 0 Å². The molecular weight excluding hydrogens is 376 g/mol. The number of rotatable bonds is 8. The molecule has 160 valence electrons. The van der Waals surface area contributed by atoms with Crippen LogP contribution in [0.2, 0.25) is 0 Å². The maximum atomic E-state index is 13.0. The van der Waals surface area contributed by atoms with E-state index in [1.165, 1.54) is 10.9 Å². The molecule has 0 amide bonds. The van der Waals surface area contributed by atoms with E-state index in [-0.39, 0.29) is 5.78 Å². The van der Waals surface area contributed by atoms with Gasteiger partial charge < -0.3 is 14.8 Å². The molecular formula is C23H32N6O. The number of ketones is 1. The van der Waals surface area contributed by atoms with Crippen molar-refractivity contribution in [3.8, 4) is 0 Å². The van der Waals surface area contributed by atoms with Crippen molar-refractivity contribution in [2.24, 2.45) is 5.92 Å². The number of para-hydroxylation sites is 1. The molecule has 30 heavy (non-hydrogen) atoms. The number of carbonyl (C=O) groups excluding carboxylic acids is 1. The van der Waals surface area contributed by atoms with Crippen molar-refractivity contribution >= 4 is 22.6 Å². The first-order chi connectivity index (χ1) is 14.5. The minimum absolute atomic E-state index is 0.0502. The lowest BCUT2D eigenvalue weighted by Crippen LogP contribution is -2.50. The van der Waals surface area contributed by atoms with Gasteiger partial charge in [-0.3, -0.25) is 9.89 Å². The van der Waals surface area contributed by atoms with Gasteiger partial charge in [0.1, 0.15) is 0 Å². The largest absolute Gasteiger partial charge is 0.361 e. The van der Waals surface area contributed by atoms with Crippen LogP contribution in [0.1, 0.15) is 49.3 Å². The molecule has 1 aromatic carbocycles. The molecule has 4 rings (SSSR count). The quantitative estimate of drug-likeness (QED) is 0.556. The van der Waals surface area contributed by atoms with Crippen LogP contribution in [0, 0.1) is 5.92 Å². The number of hydrogen-bond donors (Lipinski definition) is 2. The average molecular weight is 409 g/mol. The van der Waals surface area contributed by atoms with Crippen molar-refractivity contribution in [3.05, 3.63) is 41.9 Å². The maximum Gasteiger partial charge on any atom is 0.245 e. The van der Waals surface area contributed by atoms with Crippen LogP contribution in [-0.4, -0.2) is 63.6 Å². The molecule has 2 atom stereocenters. The van der Waals surface area contributed by atoms with Crippen molar-refractivity contribution in [2.45, 2.75) is 45.6 Å². The third kappa shape index (κ3) is 4.41. The number of fused-ring (bicyclic) bond motifs is 1. The molecule has 1 fully saturated rings. The van der Waals surface area contributed by atoms with E-state index < -0.39 is 0 Å². The highest BCUT2D eigenvalue weighted by Crippen LogP contribution is 2.25. The summed E-state index contributed by atoms with van der Waals surface area (Å²) in [5.41, 5.74) is 2.43. The number of aromatic amines is 2. The van der Waals surface area contributed by atoms with Crippen LogP contribution >= 0.6 is 0 Å². The molecule has 1 aliphatic heterocycles. The molecule has 0 aliphatic carbocycles. The molecule has 1 aliphatic rings. The molecule has 7 heteroatoms. The Kier molecular flexibility index (Phi) is 6.18. The summed E-state index contributed by atoms with van der Waals surface area (Å²) < 4.78 is 0. The molecule has 0 bridgehead atoms. The highest BCUT2D eigenvalue weighted by molar-refractivity contribution is 5.93. The summed E-state index contributed by atoms with van der Waals surface area (Å²) >= 11 is 0. The molecule has 2 N–H and O–H groups in total. The monoisotopic (exact) mass is 408 g/mol. The third-order valence-electron chi connectivity index (χ3n) is 6.33. The summed E-state index contributed by atoms with van der Waals surface area (Å²) in [6.45, 7) is 7.10. The number of benzene rings is 1. The zero-order chi connectivity index (χ0) is 21.1. The van der Waals surface area contributed by atoms with Gasteiger partial charge in [0.2, 0.25) is 5.95 Å². The summed E-state index contributed by atoms with van der Waals surface area (Å²) in [5.74, 6) is 1.37. The Balaban J connectivity index is 1.43. The van der Waals surface area contributed by atoms with Gasteiger partial charge in [-0.25, -0.2) is 0 Å². The van der Waals surface area contributed by atoms with Gasteiger partial charge in [-0.15, -0.1) is 5.10 Å². The molecule has 7 nitrogen and oxygen atoms in total. The zero-order valence-electron chi connectivity index (χ0n) is 18.2. The van der Waals surface area contributed by atoms with Gasteiger partial charge in [-0.2, -0.15) is 4.98 Å². The van der Waals surface area contributed by atoms with E-state index >= 15 is 0 Å². The van der Waals surface area contributed by atoms with Crippen molar-refractivity contribution in [3.63, 3.8) is 0 Å². The van der Waals surface area contributed by atoms with Gasteiger partial charge in [-0.05, 0) is 44.4 Å². The van der Waals surface area contributed by atoms with Crippen LogP contribution in [0.15, 0.2) is 30.5 Å². The average Bonchev–Trinajstić information content (AvgIpc) is 3.38. The van der Waals surface area contributed by atoms with E-state index in [1.54, 1.807) is 0 Å². The SMILES string of the molecule is CCCC(CC(=O)c1nc(N2CCN(C)C(C)C2)n[nH]1)Cc1c[nH]c2ccccc12. The number of nitrogens with one attached hydrogen (secondary N) is 2. The lowest BCUT2D eigenvalue weighted by atomic mass is 9.90. The van der Waals surface area contributed by atoms with Crippen LogP contribution in [-0.2, 0) is 6.42 Å². The van der Waals surface area contributed by atoms with Crippen molar-refractivity contribution in [2.75, 3.05) is 31.6 Å². The number of nitrogens with zero attached hydrogens (tertiary/aromatic N) is 4. The first-order valence-corrected chi connectivity index (χ1v) is 11.0. The van der Waals surface area contributed by atoms with E-state index in [0.29, 0.717) is 30.2 Å². The summed E-state index contributed by atoms with van der Waals surface area (Å²) in [6.07, 6.45) is 5.53. The third-order valence-corrected chi connectivity index (χ3v) is 6.33. The Morgan fingerprint density at radius 1 is 1.30 bits per heavy atom. The van der Waals surface area contributed by atoms with Gasteiger partial charge >= 0.3 is 0 Å². The first-order valence-electron chi connectivity index (χ1n) is 11.0. The number of hydrogen-bond acceptors (Lipinski definition) is 5. The number of Topliss-reactive ketones (excluding diaryl/α,β-unsaturated/α-hetero) is 1. The molecule has 0 spiro atoms. The number of carbonyl (C=O) groups is 1. The number of H-pyrrole nitrogens is 2. The number of anilines is 1. The highest BCUT2D eigenvalue weighted by Gasteiger charge is 2.25. The van der Waals surface area contributed by atoms with Crippen molar-refractivity contribution in [1.29, 1.82) is 0 Å². The lowest BCUT2D eigenvalue weighted by Gasteiger charge is -2.37. The van der Waals surface area contributed by atoms with E-state index in [4.69, 9.17) is 0 Å². The Hall–Kier alpha value is -2.67. The minimum atomic E-state index is 0.0502. The number of piperazine rings is 1. The number of aromatic nitrogens is 4. The highest BCUT2D eigenvalue weighted by atomic mass is 16.1. The van der Waals surface area contributed by atoms with Gasteiger partial charge in [0, 0.05) is 49.2 Å². The van der Waals surface area contributed by atoms with E-state index in [1.807, 2.05) is 6.07 Å².